The van der Waals surface area contributed by atoms with Crippen LogP contribution in [0, 0.1) is 13.8 Å². The molecule has 28 heavy (non-hydrogen) atoms. The molecule has 6 nitrogen and oxygen atoms in total. The summed E-state index contributed by atoms with van der Waals surface area (Å²) in [7, 11) is 2.99. The third-order valence-corrected chi connectivity index (χ3v) is 4.11. The number of nitrogens with zero attached hydrogens (tertiary/aromatic N) is 2. The molecule has 0 bridgehead atoms. The Hall–Kier alpha value is -2.97. The molecule has 1 heterocycles. The van der Waals surface area contributed by atoms with Crippen LogP contribution >= 0.6 is 0 Å². The Morgan fingerprint density at radius 3 is 2.54 bits per heavy atom. The van der Waals surface area contributed by atoms with Crippen molar-refractivity contribution >= 4 is 12.0 Å². The van der Waals surface area contributed by atoms with Gasteiger partial charge in [0.05, 0.1) is 20.4 Å². The molecular formula is C19H21F3N2O4. The van der Waals surface area contributed by atoms with Gasteiger partial charge in [0.2, 0.25) is 5.78 Å². The van der Waals surface area contributed by atoms with Crippen molar-refractivity contribution in [2.45, 2.75) is 26.6 Å². The number of halogens is 3. The van der Waals surface area contributed by atoms with E-state index in [4.69, 9.17) is 14.3 Å². The number of hydrogen-bond donors (Lipinski definition) is 0. The molecule has 0 unspecified atom stereocenters. The second kappa shape index (κ2) is 8.81. The fourth-order valence-corrected chi connectivity index (χ4v) is 2.79. The first kappa shape index (κ1) is 21.3. The van der Waals surface area contributed by atoms with Crippen molar-refractivity contribution < 1.29 is 32.3 Å². The van der Waals surface area contributed by atoms with Gasteiger partial charge in [0, 0.05) is 22.5 Å². The van der Waals surface area contributed by atoms with Crippen molar-refractivity contribution in [2.24, 2.45) is 5.16 Å². The molecule has 0 aliphatic rings. The lowest BCUT2D eigenvalue weighted by Crippen LogP contribution is -2.20. The highest BCUT2D eigenvalue weighted by molar-refractivity contribution is 5.98. The van der Waals surface area contributed by atoms with Crippen molar-refractivity contribution in [3.8, 4) is 11.5 Å². The fraction of sp³-hybridized carbons (Fsp3) is 0.368. The topological polar surface area (TPSA) is 62.0 Å². The number of alkyl halides is 3. The van der Waals surface area contributed by atoms with Crippen LogP contribution in [0.4, 0.5) is 13.2 Å². The van der Waals surface area contributed by atoms with Crippen LogP contribution in [-0.4, -0.2) is 43.6 Å². The van der Waals surface area contributed by atoms with Crippen molar-refractivity contribution in [2.75, 3.05) is 20.8 Å². The molecule has 0 fully saturated rings. The summed E-state index contributed by atoms with van der Waals surface area (Å²) >= 11 is 0. The normalized spacial score (nSPS) is 11.7. The predicted molar refractivity (Wildman–Crippen MR) is 97.4 cm³/mol. The first-order chi connectivity index (χ1) is 13.2. The molecule has 1 aromatic carbocycles. The molecule has 0 saturated heterocycles. The largest absolute Gasteiger partial charge is 0.493 e. The minimum Gasteiger partial charge on any atom is -0.493 e. The molecule has 0 radical (unpaired) electrons. The number of oxime groups is 1. The summed E-state index contributed by atoms with van der Waals surface area (Å²) in [6.45, 7) is 1.44. The highest BCUT2D eigenvalue weighted by atomic mass is 19.4. The van der Waals surface area contributed by atoms with E-state index in [2.05, 4.69) is 5.16 Å². The van der Waals surface area contributed by atoms with E-state index in [-0.39, 0.29) is 11.3 Å². The number of carbonyl (C=O) groups excluding carboxylic acids is 1. The van der Waals surface area contributed by atoms with E-state index < -0.39 is 25.1 Å². The van der Waals surface area contributed by atoms with E-state index in [1.165, 1.54) is 40.3 Å². The summed E-state index contributed by atoms with van der Waals surface area (Å²) in [5.74, 6) is 0.510. The lowest BCUT2D eigenvalue weighted by molar-refractivity contribution is -0.141. The third kappa shape index (κ3) is 5.05. The smallest absolute Gasteiger partial charge is 0.406 e. The maximum absolute atomic E-state index is 12.7. The third-order valence-electron chi connectivity index (χ3n) is 4.11. The van der Waals surface area contributed by atoms with Crippen LogP contribution in [0.25, 0.3) is 0 Å². The van der Waals surface area contributed by atoms with Crippen LogP contribution in [0.1, 0.15) is 27.3 Å². The number of rotatable bonds is 8. The standard InChI is InChI=1S/C19H21F3N2O4/c1-12-8-15(13(2)24(12)11-19(20,21)22)16(25)10-28-23-9-14-6-5-7-17(26-3)18(14)27-4/h5-9H,10-11H2,1-4H3/b23-9+. The number of ketones is 1. The molecule has 2 rings (SSSR count). The summed E-state index contributed by atoms with van der Waals surface area (Å²) < 4.78 is 49.5. The van der Waals surface area contributed by atoms with E-state index in [0.717, 1.165) is 4.57 Å². The maximum Gasteiger partial charge on any atom is 0.406 e. The van der Waals surface area contributed by atoms with Gasteiger partial charge in [-0.25, -0.2) is 0 Å². The Balaban J connectivity index is 2.06. The molecule has 2 aromatic rings. The highest BCUT2D eigenvalue weighted by Gasteiger charge is 2.30. The van der Waals surface area contributed by atoms with Gasteiger partial charge in [-0.15, -0.1) is 0 Å². The van der Waals surface area contributed by atoms with E-state index in [0.29, 0.717) is 22.8 Å². The predicted octanol–water partition coefficient (Wildman–Crippen LogP) is 3.92. The molecular weight excluding hydrogens is 377 g/mol. The van der Waals surface area contributed by atoms with Gasteiger partial charge < -0.3 is 18.9 Å². The van der Waals surface area contributed by atoms with Crippen LogP contribution < -0.4 is 9.47 Å². The van der Waals surface area contributed by atoms with Crippen molar-refractivity contribution in [1.29, 1.82) is 0 Å². The first-order valence-electron chi connectivity index (χ1n) is 8.31. The number of methoxy groups -OCH3 is 2. The lowest BCUT2D eigenvalue weighted by Gasteiger charge is -2.12. The Labute approximate surface area is 160 Å². The van der Waals surface area contributed by atoms with Gasteiger partial charge in [0.15, 0.2) is 18.1 Å². The average Bonchev–Trinajstić information content (AvgIpc) is 2.91. The van der Waals surface area contributed by atoms with E-state index in [9.17, 15) is 18.0 Å². The van der Waals surface area contributed by atoms with Gasteiger partial charge in [0.1, 0.15) is 6.54 Å². The zero-order valence-electron chi connectivity index (χ0n) is 16.0. The zero-order chi connectivity index (χ0) is 20.9. The number of benzene rings is 1. The van der Waals surface area contributed by atoms with Crippen molar-refractivity contribution in [3.05, 3.63) is 46.8 Å². The number of ether oxygens (including phenoxy) is 2. The lowest BCUT2D eigenvalue weighted by atomic mass is 10.1. The van der Waals surface area contributed by atoms with E-state index in [1.807, 2.05) is 0 Å². The summed E-state index contributed by atoms with van der Waals surface area (Å²) in [4.78, 5) is 17.3. The number of carbonyl (C=O) groups is 1. The number of para-hydroxylation sites is 1. The monoisotopic (exact) mass is 398 g/mol. The average molecular weight is 398 g/mol. The Kier molecular flexibility index (Phi) is 6.71. The molecule has 152 valence electrons. The van der Waals surface area contributed by atoms with Crippen LogP contribution in [0.2, 0.25) is 0 Å². The van der Waals surface area contributed by atoms with E-state index in [1.54, 1.807) is 18.2 Å². The molecule has 0 N–H and O–H groups in total. The number of hydrogen-bond acceptors (Lipinski definition) is 5. The SMILES string of the molecule is COc1cccc(/C=N/OCC(=O)c2cc(C)n(CC(F)(F)F)c2C)c1OC. The quantitative estimate of drug-likeness (QED) is 0.384. The second-order valence-electron chi connectivity index (χ2n) is 6.00. The van der Waals surface area contributed by atoms with Crippen LogP contribution in [0.3, 0.4) is 0 Å². The van der Waals surface area contributed by atoms with Gasteiger partial charge >= 0.3 is 6.18 Å². The Bertz CT molecular complexity index is 873. The fourth-order valence-electron chi connectivity index (χ4n) is 2.79. The Morgan fingerprint density at radius 2 is 1.93 bits per heavy atom. The van der Waals surface area contributed by atoms with Gasteiger partial charge in [-0.1, -0.05) is 11.2 Å². The number of Topliss-reactive ketones (excluding diaryl/α,β-unsaturated/α-hetero) is 1. The molecule has 0 aliphatic heterocycles. The highest BCUT2D eigenvalue weighted by Crippen LogP contribution is 2.29. The molecule has 0 aliphatic carbocycles. The summed E-state index contributed by atoms with van der Waals surface area (Å²) in [6.07, 6.45) is -3.01. The number of aromatic nitrogens is 1. The minimum atomic E-state index is -4.37. The van der Waals surface area contributed by atoms with Crippen LogP contribution in [0.5, 0.6) is 11.5 Å². The second-order valence-corrected chi connectivity index (χ2v) is 6.00. The molecule has 0 saturated carbocycles. The molecule has 0 amide bonds. The van der Waals surface area contributed by atoms with Gasteiger partial charge in [-0.2, -0.15) is 13.2 Å². The summed E-state index contributed by atoms with van der Waals surface area (Å²) in [5.41, 5.74) is 1.35. The van der Waals surface area contributed by atoms with E-state index >= 15 is 0 Å². The molecule has 0 atom stereocenters. The maximum atomic E-state index is 12.7. The first-order valence-corrected chi connectivity index (χ1v) is 8.31. The molecule has 1 aromatic heterocycles. The van der Waals surface area contributed by atoms with Gasteiger partial charge in [0.25, 0.3) is 0 Å². The van der Waals surface area contributed by atoms with Gasteiger partial charge in [-0.3, -0.25) is 4.79 Å². The summed E-state index contributed by atoms with van der Waals surface area (Å²) in [6, 6.07) is 6.60. The van der Waals surface area contributed by atoms with Crippen LogP contribution in [0.15, 0.2) is 29.4 Å². The Morgan fingerprint density at radius 1 is 1.21 bits per heavy atom. The number of aryl methyl sites for hydroxylation is 1. The minimum absolute atomic E-state index is 0.177. The van der Waals surface area contributed by atoms with Crippen molar-refractivity contribution in [1.82, 2.24) is 4.57 Å². The summed E-state index contributed by atoms with van der Waals surface area (Å²) in [5, 5.41) is 3.74. The van der Waals surface area contributed by atoms with Crippen LogP contribution in [-0.2, 0) is 11.4 Å². The van der Waals surface area contributed by atoms with Gasteiger partial charge in [-0.05, 0) is 32.0 Å². The zero-order valence-corrected chi connectivity index (χ0v) is 16.0. The molecule has 0 spiro atoms. The van der Waals surface area contributed by atoms with Crippen molar-refractivity contribution in [3.63, 3.8) is 0 Å². The molecule has 9 heteroatoms.